The van der Waals surface area contributed by atoms with Gasteiger partial charge in [-0.25, -0.2) is 4.79 Å². The maximum Gasteiger partial charge on any atom is 0.491 e. The zero-order chi connectivity index (χ0) is 14.6. The molecule has 0 aliphatic rings. The predicted molar refractivity (Wildman–Crippen MR) is 64.6 cm³/mol. The maximum atomic E-state index is 12.2. The first kappa shape index (κ1) is 13.9. The summed E-state index contributed by atoms with van der Waals surface area (Å²) in [6, 6.07) is 14.1. The minimum Gasteiger partial charge on any atom is -0.453 e. The van der Waals surface area contributed by atoms with E-state index in [0.29, 0.717) is 5.75 Å². The van der Waals surface area contributed by atoms with Crippen LogP contribution >= 0.6 is 0 Å². The van der Waals surface area contributed by atoms with Crippen LogP contribution in [0.15, 0.2) is 54.6 Å². The summed E-state index contributed by atoms with van der Waals surface area (Å²) in [4.78, 5) is 10.8. The van der Waals surface area contributed by atoms with Crippen LogP contribution in [0.1, 0.15) is 0 Å². The predicted octanol–water partition coefficient (Wildman–Crippen LogP) is 3.95. The highest BCUT2D eigenvalue weighted by Gasteiger charge is 2.41. The monoisotopic (exact) mass is 282 g/mol. The summed E-state index contributed by atoms with van der Waals surface area (Å²) in [6.07, 6.45) is -5.06. The molecule has 0 saturated carbocycles. The molecule has 0 aliphatic carbocycles. The van der Waals surface area contributed by atoms with Crippen molar-refractivity contribution < 1.29 is 27.4 Å². The summed E-state index contributed by atoms with van der Waals surface area (Å²) in [6.45, 7) is 0. The second-order valence-electron chi connectivity index (χ2n) is 3.75. The third-order valence-electron chi connectivity index (χ3n) is 2.25. The maximum absolute atomic E-state index is 12.2. The molecule has 0 fully saturated rings. The van der Waals surface area contributed by atoms with E-state index in [9.17, 15) is 18.0 Å². The van der Waals surface area contributed by atoms with Gasteiger partial charge in [0.25, 0.3) is 0 Å². The SMILES string of the molecule is O=C(Oc1ccccc1Oc1ccccc1)C(F)(F)F. The number of carbonyl (C=O) groups excluding carboxylic acids is 1. The van der Waals surface area contributed by atoms with Gasteiger partial charge in [-0.15, -0.1) is 0 Å². The Kier molecular flexibility index (Phi) is 3.93. The lowest BCUT2D eigenvalue weighted by Crippen LogP contribution is -2.28. The van der Waals surface area contributed by atoms with Crippen molar-refractivity contribution in [2.75, 3.05) is 0 Å². The van der Waals surface area contributed by atoms with Crippen molar-refractivity contribution in [2.45, 2.75) is 6.18 Å². The van der Waals surface area contributed by atoms with Gasteiger partial charge in [0.1, 0.15) is 5.75 Å². The Labute approximate surface area is 112 Å². The van der Waals surface area contributed by atoms with Gasteiger partial charge >= 0.3 is 12.1 Å². The molecule has 0 amide bonds. The smallest absolute Gasteiger partial charge is 0.453 e. The van der Waals surface area contributed by atoms with Crippen molar-refractivity contribution >= 4 is 5.97 Å². The summed E-state index contributed by atoms with van der Waals surface area (Å²) in [5, 5.41) is 0. The van der Waals surface area contributed by atoms with Crippen LogP contribution in [-0.2, 0) is 4.79 Å². The van der Waals surface area contributed by atoms with Gasteiger partial charge in [-0.3, -0.25) is 0 Å². The fourth-order valence-electron chi connectivity index (χ4n) is 1.39. The third-order valence-corrected chi connectivity index (χ3v) is 2.25. The van der Waals surface area contributed by atoms with Gasteiger partial charge in [-0.2, -0.15) is 13.2 Å². The third kappa shape index (κ3) is 3.50. The molecule has 0 aromatic heterocycles. The van der Waals surface area contributed by atoms with E-state index < -0.39 is 12.1 Å². The number of ether oxygens (including phenoxy) is 2. The van der Waals surface area contributed by atoms with Gasteiger partial charge in [0.15, 0.2) is 11.5 Å². The number of hydrogen-bond acceptors (Lipinski definition) is 3. The first-order valence-corrected chi connectivity index (χ1v) is 5.58. The quantitative estimate of drug-likeness (QED) is 0.631. The fraction of sp³-hybridized carbons (Fsp3) is 0.0714. The minimum atomic E-state index is -5.06. The van der Waals surface area contributed by atoms with E-state index in [-0.39, 0.29) is 11.5 Å². The van der Waals surface area contributed by atoms with E-state index in [1.807, 2.05) is 0 Å². The van der Waals surface area contributed by atoms with Gasteiger partial charge in [-0.1, -0.05) is 30.3 Å². The van der Waals surface area contributed by atoms with E-state index in [2.05, 4.69) is 4.74 Å². The second kappa shape index (κ2) is 5.64. The Morgan fingerprint density at radius 3 is 2.00 bits per heavy atom. The average Bonchev–Trinajstić information content (AvgIpc) is 2.41. The molecule has 6 heteroatoms. The van der Waals surface area contributed by atoms with Gasteiger partial charge < -0.3 is 9.47 Å². The Balaban J connectivity index is 2.21. The van der Waals surface area contributed by atoms with E-state index in [4.69, 9.17) is 4.74 Å². The van der Waals surface area contributed by atoms with Crippen LogP contribution < -0.4 is 9.47 Å². The number of benzene rings is 2. The molecule has 0 unspecified atom stereocenters. The molecule has 2 rings (SSSR count). The molecule has 0 spiro atoms. The van der Waals surface area contributed by atoms with Crippen molar-refractivity contribution in [3.8, 4) is 17.2 Å². The number of rotatable bonds is 3. The molecule has 2 aromatic rings. The zero-order valence-corrected chi connectivity index (χ0v) is 10.1. The Morgan fingerprint density at radius 2 is 1.40 bits per heavy atom. The summed E-state index contributed by atoms with van der Waals surface area (Å²) in [5.74, 6) is -2.14. The van der Waals surface area contributed by atoms with Crippen LogP contribution in [0.2, 0.25) is 0 Å². The van der Waals surface area contributed by atoms with Gasteiger partial charge in [0.05, 0.1) is 0 Å². The number of carbonyl (C=O) groups is 1. The van der Waals surface area contributed by atoms with Gasteiger partial charge in [0, 0.05) is 0 Å². The van der Waals surface area contributed by atoms with Crippen molar-refractivity contribution in [2.24, 2.45) is 0 Å². The van der Waals surface area contributed by atoms with E-state index >= 15 is 0 Å². The average molecular weight is 282 g/mol. The number of halogens is 3. The Hall–Kier alpha value is -2.50. The molecule has 0 aliphatic heterocycles. The number of esters is 1. The molecule has 0 heterocycles. The lowest BCUT2D eigenvalue weighted by atomic mass is 10.3. The summed E-state index contributed by atoms with van der Waals surface area (Å²) >= 11 is 0. The highest BCUT2D eigenvalue weighted by molar-refractivity contribution is 5.78. The molecule has 20 heavy (non-hydrogen) atoms. The van der Waals surface area contributed by atoms with Crippen LogP contribution in [0, 0.1) is 0 Å². The van der Waals surface area contributed by atoms with Crippen molar-refractivity contribution in [1.82, 2.24) is 0 Å². The standard InChI is InChI=1S/C14H9F3O3/c15-14(16,17)13(18)20-12-9-5-4-8-11(12)19-10-6-2-1-3-7-10/h1-9H. The first-order valence-electron chi connectivity index (χ1n) is 5.58. The first-order chi connectivity index (χ1) is 9.47. The molecule has 0 atom stereocenters. The van der Waals surface area contributed by atoms with Crippen molar-refractivity contribution in [3.05, 3.63) is 54.6 Å². The normalized spacial score (nSPS) is 10.9. The lowest BCUT2D eigenvalue weighted by molar-refractivity contribution is -0.189. The molecule has 2 aromatic carbocycles. The molecule has 104 valence electrons. The molecule has 0 saturated heterocycles. The summed E-state index contributed by atoms with van der Waals surface area (Å²) < 4.78 is 46.2. The Bertz CT molecular complexity index is 594. The summed E-state index contributed by atoms with van der Waals surface area (Å²) in [7, 11) is 0. The molecular weight excluding hydrogens is 273 g/mol. The fourth-order valence-corrected chi connectivity index (χ4v) is 1.39. The largest absolute Gasteiger partial charge is 0.491 e. The second-order valence-corrected chi connectivity index (χ2v) is 3.75. The number of alkyl halides is 3. The molecule has 0 N–H and O–H groups in total. The lowest BCUT2D eigenvalue weighted by Gasteiger charge is -2.12. The minimum absolute atomic E-state index is 0.0244. The van der Waals surface area contributed by atoms with E-state index in [1.54, 1.807) is 36.4 Å². The zero-order valence-electron chi connectivity index (χ0n) is 10.1. The molecule has 3 nitrogen and oxygen atoms in total. The highest BCUT2D eigenvalue weighted by atomic mass is 19.4. The topological polar surface area (TPSA) is 35.5 Å². The Morgan fingerprint density at radius 1 is 0.850 bits per heavy atom. The van der Waals surface area contributed by atoms with Gasteiger partial charge in [-0.05, 0) is 24.3 Å². The molecule has 0 bridgehead atoms. The number of para-hydroxylation sites is 3. The van der Waals surface area contributed by atoms with Crippen LogP contribution in [-0.4, -0.2) is 12.1 Å². The van der Waals surface area contributed by atoms with Crippen LogP contribution in [0.5, 0.6) is 17.2 Å². The van der Waals surface area contributed by atoms with Crippen LogP contribution in [0.3, 0.4) is 0 Å². The van der Waals surface area contributed by atoms with Gasteiger partial charge in [0.2, 0.25) is 0 Å². The number of hydrogen-bond donors (Lipinski definition) is 0. The van der Waals surface area contributed by atoms with Crippen molar-refractivity contribution in [3.63, 3.8) is 0 Å². The van der Waals surface area contributed by atoms with E-state index in [1.165, 1.54) is 18.2 Å². The van der Waals surface area contributed by atoms with Crippen LogP contribution in [0.4, 0.5) is 13.2 Å². The van der Waals surface area contributed by atoms with Crippen molar-refractivity contribution in [1.29, 1.82) is 0 Å². The highest BCUT2D eigenvalue weighted by Crippen LogP contribution is 2.32. The molecular formula is C14H9F3O3. The molecule has 0 radical (unpaired) electrons. The van der Waals surface area contributed by atoms with E-state index in [0.717, 1.165) is 0 Å². The summed E-state index contributed by atoms with van der Waals surface area (Å²) in [5.41, 5.74) is 0. The van der Waals surface area contributed by atoms with Crippen LogP contribution in [0.25, 0.3) is 0 Å².